The molecule has 1 saturated heterocycles. The first-order chi connectivity index (χ1) is 7.36. The Kier molecular flexibility index (Phi) is 2.03. The highest BCUT2D eigenvalue weighted by atomic mass is 15.0. The minimum atomic E-state index is 0.558. The summed E-state index contributed by atoms with van der Waals surface area (Å²) in [5.41, 5.74) is 2.76. The molecule has 0 radical (unpaired) electrons. The van der Waals surface area contributed by atoms with Crippen LogP contribution in [-0.4, -0.2) is 11.1 Å². The van der Waals surface area contributed by atoms with Crippen LogP contribution >= 0.6 is 0 Å². The number of benzene rings is 1. The fourth-order valence-corrected chi connectivity index (χ4v) is 2.58. The van der Waals surface area contributed by atoms with Gasteiger partial charge in [0.1, 0.15) is 0 Å². The highest BCUT2D eigenvalue weighted by molar-refractivity contribution is 5.81. The van der Waals surface area contributed by atoms with Crippen LogP contribution in [0.2, 0.25) is 0 Å². The number of hydrogen-bond acceptors (Lipinski definition) is 1. The second-order valence-corrected chi connectivity index (χ2v) is 4.34. The molecule has 0 aliphatic carbocycles. The normalized spacial score (nSPS) is 21.3. The summed E-state index contributed by atoms with van der Waals surface area (Å²) in [5.74, 6) is 0. The van der Waals surface area contributed by atoms with E-state index >= 15 is 0 Å². The molecule has 0 bridgehead atoms. The van der Waals surface area contributed by atoms with Gasteiger partial charge < -0.3 is 9.88 Å². The maximum absolute atomic E-state index is 3.55. The smallest absolute Gasteiger partial charge is 0.0480 e. The van der Waals surface area contributed by atoms with Gasteiger partial charge in [-0.3, -0.25) is 0 Å². The van der Waals surface area contributed by atoms with Crippen molar-refractivity contribution < 1.29 is 0 Å². The lowest BCUT2D eigenvalue weighted by Gasteiger charge is -2.11. The van der Waals surface area contributed by atoms with E-state index in [0.717, 1.165) is 6.54 Å². The molecule has 2 aromatic rings. The molecule has 15 heavy (non-hydrogen) atoms. The Morgan fingerprint density at radius 3 is 2.93 bits per heavy atom. The van der Waals surface area contributed by atoms with Crippen LogP contribution in [0.1, 0.15) is 24.6 Å². The summed E-state index contributed by atoms with van der Waals surface area (Å²) in [6.45, 7) is 1.16. The number of nitrogens with one attached hydrogen (secondary N) is 1. The van der Waals surface area contributed by atoms with Crippen LogP contribution in [0.15, 0.2) is 30.3 Å². The molecule has 1 aromatic carbocycles. The predicted molar refractivity (Wildman–Crippen MR) is 62.9 cm³/mol. The standard InChI is InChI=1S/C13H16N2/c1-15-12-7-3-2-5-10(12)9-13(15)11-6-4-8-14-11/h2-3,5,7,9,11,14H,4,6,8H2,1H3/t11-/m1/s1. The molecule has 1 atom stereocenters. The van der Waals surface area contributed by atoms with E-state index in [-0.39, 0.29) is 0 Å². The monoisotopic (exact) mass is 200 g/mol. The van der Waals surface area contributed by atoms with Crippen molar-refractivity contribution in [3.05, 3.63) is 36.0 Å². The van der Waals surface area contributed by atoms with E-state index in [1.807, 2.05) is 0 Å². The SMILES string of the molecule is Cn1c([C@H]2CCCN2)cc2ccccc21. The molecule has 1 fully saturated rings. The van der Waals surface area contributed by atoms with Gasteiger partial charge in [0, 0.05) is 24.3 Å². The van der Waals surface area contributed by atoms with Crippen molar-refractivity contribution >= 4 is 10.9 Å². The Hall–Kier alpha value is -1.28. The van der Waals surface area contributed by atoms with Crippen LogP contribution < -0.4 is 5.32 Å². The van der Waals surface area contributed by atoms with Crippen LogP contribution in [0.25, 0.3) is 10.9 Å². The third-order valence-corrected chi connectivity index (χ3v) is 3.41. The second kappa shape index (κ2) is 3.38. The molecule has 0 amide bonds. The summed E-state index contributed by atoms with van der Waals surface area (Å²) in [6, 6.07) is 11.5. The minimum absolute atomic E-state index is 0.558. The van der Waals surface area contributed by atoms with Crippen molar-refractivity contribution in [1.82, 2.24) is 9.88 Å². The van der Waals surface area contributed by atoms with E-state index in [4.69, 9.17) is 0 Å². The average Bonchev–Trinajstić information content (AvgIpc) is 2.87. The number of para-hydroxylation sites is 1. The van der Waals surface area contributed by atoms with Crippen molar-refractivity contribution in [2.24, 2.45) is 7.05 Å². The van der Waals surface area contributed by atoms with Gasteiger partial charge in [-0.2, -0.15) is 0 Å². The summed E-state index contributed by atoms with van der Waals surface area (Å²) in [6.07, 6.45) is 2.57. The van der Waals surface area contributed by atoms with Crippen molar-refractivity contribution in [3.8, 4) is 0 Å². The van der Waals surface area contributed by atoms with Crippen LogP contribution in [0.4, 0.5) is 0 Å². The highest BCUT2D eigenvalue weighted by Gasteiger charge is 2.19. The molecule has 2 nitrogen and oxygen atoms in total. The largest absolute Gasteiger partial charge is 0.346 e. The molecule has 1 aromatic heterocycles. The third kappa shape index (κ3) is 1.37. The fraction of sp³-hybridized carbons (Fsp3) is 0.385. The average molecular weight is 200 g/mol. The van der Waals surface area contributed by atoms with Gasteiger partial charge in [0.2, 0.25) is 0 Å². The Bertz CT molecular complexity index is 478. The Balaban J connectivity index is 2.14. The number of aryl methyl sites for hydroxylation is 1. The van der Waals surface area contributed by atoms with Crippen molar-refractivity contribution in [2.45, 2.75) is 18.9 Å². The van der Waals surface area contributed by atoms with Gasteiger partial charge >= 0.3 is 0 Å². The second-order valence-electron chi connectivity index (χ2n) is 4.34. The Morgan fingerprint density at radius 1 is 1.33 bits per heavy atom. The van der Waals surface area contributed by atoms with Gasteiger partial charge in [-0.15, -0.1) is 0 Å². The molecule has 2 heteroatoms. The van der Waals surface area contributed by atoms with Crippen LogP contribution in [0, 0.1) is 0 Å². The predicted octanol–water partition coefficient (Wildman–Crippen LogP) is 2.60. The lowest BCUT2D eigenvalue weighted by molar-refractivity contribution is 0.604. The molecular weight excluding hydrogens is 184 g/mol. The molecule has 0 spiro atoms. The van der Waals surface area contributed by atoms with Crippen LogP contribution in [-0.2, 0) is 7.05 Å². The molecule has 0 saturated carbocycles. The van der Waals surface area contributed by atoms with Gasteiger partial charge in [-0.05, 0) is 36.9 Å². The van der Waals surface area contributed by atoms with Crippen LogP contribution in [0.3, 0.4) is 0 Å². The molecule has 78 valence electrons. The lowest BCUT2D eigenvalue weighted by atomic mass is 10.1. The van der Waals surface area contributed by atoms with E-state index in [1.54, 1.807) is 0 Å². The fourth-order valence-electron chi connectivity index (χ4n) is 2.58. The van der Waals surface area contributed by atoms with E-state index in [0.29, 0.717) is 6.04 Å². The molecule has 1 N–H and O–H groups in total. The van der Waals surface area contributed by atoms with E-state index < -0.39 is 0 Å². The topological polar surface area (TPSA) is 17.0 Å². The van der Waals surface area contributed by atoms with Crippen molar-refractivity contribution in [1.29, 1.82) is 0 Å². The maximum atomic E-state index is 3.55. The zero-order chi connectivity index (χ0) is 10.3. The summed E-state index contributed by atoms with van der Waals surface area (Å²) in [4.78, 5) is 0. The van der Waals surface area contributed by atoms with E-state index in [2.05, 4.69) is 47.3 Å². The Labute approximate surface area is 89.9 Å². The molecule has 1 aliphatic heterocycles. The Morgan fingerprint density at radius 2 is 2.20 bits per heavy atom. The van der Waals surface area contributed by atoms with Crippen molar-refractivity contribution in [3.63, 3.8) is 0 Å². The maximum Gasteiger partial charge on any atom is 0.0480 e. The summed E-state index contributed by atoms with van der Waals surface area (Å²) >= 11 is 0. The van der Waals surface area contributed by atoms with Gasteiger partial charge in [-0.25, -0.2) is 0 Å². The first-order valence-electron chi connectivity index (χ1n) is 5.64. The number of aromatic nitrogens is 1. The number of nitrogens with zero attached hydrogens (tertiary/aromatic N) is 1. The van der Waals surface area contributed by atoms with E-state index in [1.165, 1.54) is 29.4 Å². The zero-order valence-corrected chi connectivity index (χ0v) is 9.03. The summed E-state index contributed by atoms with van der Waals surface area (Å²) in [5, 5.41) is 4.90. The molecule has 2 heterocycles. The van der Waals surface area contributed by atoms with E-state index in [9.17, 15) is 0 Å². The van der Waals surface area contributed by atoms with Crippen molar-refractivity contribution in [2.75, 3.05) is 6.54 Å². The lowest BCUT2D eigenvalue weighted by Crippen LogP contribution is -2.15. The van der Waals surface area contributed by atoms with Crippen LogP contribution in [0.5, 0.6) is 0 Å². The first kappa shape index (κ1) is 8.98. The molecule has 0 unspecified atom stereocenters. The van der Waals surface area contributed by atoms with Gasteiger partial charge in [0.25, 0.3) is 0 Å². The zero-order valence-electron chi connectivity index (χ0n) is 9.03. The number of rotatable bonds is 1. The minimum Gasteiger partial charge on any atom is -0.346 e. The quantitative estimate of drug-likeness (QED) is 0.748. The summed E-state index contributed by atoms with van der Waals surface area (Å²) < 4.78 is 2.32. The number of hydrogen-bond donors (Lipinski definition) is 1. The van der Waals surface area contributed by atoms with Gasteiger partial charge in [0.05, 0.1) is 0 Å². The molecule has 1 aliphatic rings. The number of fused-ring (bicyclic) bond motifs is 1. The first-order valence-corrected chi connectivity index (χ1v) is 5.64. The van der Waals surface area contributed by atoms with Gasteiger partial charge in [0.15, 0.2) is 0 Å². The highest BCUT2D eigenvalue weighted by Crippen LogP contribution is 2.28. The van der Waals surface area contributed by atoms with Gasteiger partial charge in [-0.1, -0.05) is 18.2 Å². The molecule has 3 rings (SSSR count). The summed E-state index contributed by atoms with van der Waals surface area (Å²) in [7, 11) is 2.16. The molecular formula is C13H16N2. The third-order valence-electron chi connectivity index (χ3n) is 3.41.